The Hall–Kier alpha value is -1.68. The van der Waals surface area contributed by atoms with Gasteiger partial charge < -0.3 is 10.0 Å². The molecular formula is C12H14N2O2. The first-order valence-corrected chi connectivity index (χ1v) is 5.24. The van der Waals surface area contributed by atoms with Crippen LogP contribution in [0.1, 0.15) is 15.9 Å². The molecule has 0 fully saturated rings. The Morgan fingerprint density at radius 3 is 2.75 bits per heavy atom. The highest BCUT2D eigenvalue weighted by atomic mass is 16.3. The molecule has 0 spiro atoms. The Kier molecular flexibility index (Phi) is 3.31. The zero-order chi connectivity index (χ0) is 11.4. The molecule has 1 unspecified atom stereocenters. The quantitative estimate of drug-likeness (QED) is 0.757. The maximum atomic E-state index is 10.5. The van der Waals surface area contributed by atoms with E-state index in [1.54, 1.807) is 18.5 Å². The number of aliphatic hydroxyl groups is 1. The van der Waals surface area contributed by atoms with E-state index in [4.69, 9.17) is 5.11 Å². The minimum absolute atomic E-state index is 0.00856. The Bertz CT molecular complexity index is 387. The zero-order valence-electron chi connectivity index (χ0n) is 8.91. The molecule has 0 aromatic heterocycles. The molecule has 1 aromatic rings. The van der Waals surface area contributed by atoms with Crippen molar-refractivity contribution >= 4 is 12.6 Å². The molecular weight excluding hydrogens is 204 g/mol. The van der Waals surface area contributed by atoms with Crippen molar-refractivity contribution in [3.8, 4) is 0 Å². The molecule has 16 heavy (non-hydrogen) atoms. The predicted octanol–water partition coefficient (Wildman–Crippen LogP) is 0.704. The van der Waals surface area contributed by atoms with Crippen LogP contribution >= 0.6 is 0 Å². The molecule has 1 aliphatic rings. The maximum Gasteiger partial charge on any atom is 0.150 e. The molecule has 1 heterocycles. The van der Waals surface area contributed by atoms with Crippen molar-refractivity contribution in [1.82, 2.24) is 4.90 Å². The van der Waals surface area contributed by atoms with E-state index in [-0.39, 0.29) is 12.6 Å². The fourth-order valence-corrected chi connectivity index (χ4v) is 1.70. The van der Waals surface area contributed by atoms with Gasteiger partial charge in [-0.25, -0.2) is 0 Å². The Balaban J connectivity index is 1.94. The first-order valence-electron chi connectivity index (χ1n) is 5.24. The van der Waals surface area contributed by atoms with Gasteiger partial charge >= 0.3 is 0 Å². The number of benzene rings is 1. The van der Waals surface area contributed by atoms with Gasteiger partial charge in [0.15, 0.2) is 0 Å². The largest absolute Gasteiger partial charge is 0.394 e. The molecule has 2 rings (SSSR count). The van der Waals surface area contributed by atoms with E-state index in [0.29, 0.717) is 5.56 Å². The van der Waals surface area contributed by atoms with Gasteiger partial charge in [0.1, 0.15) is 6.29 Å². The summed E-state index contributed by atoms with van der Waals surface area (Å²) in [5, 5.41) is 8.94. The highest BCUT2D eigenvalue weighted by molar-refractivity contribution is 5.74. The van der Waals surface area contributed by atoms with E-state index in [1.807, 2.05) is 12.1 Å². The fourth-order valence-electron chi connectivity index (χ4n) is 1.70. The fraction of sp³-hybridized carbons (Fsp3) is 0.333. The number of rotatable bonds is 4. The Morgan fingerprint density at radius 1 is 1.44 bits per heavy atom. The van der Waals surface area contributed by atoms with Crippen LogP contribution < -0.4 is 0 Å². The predicted molar refractivity (Wildman–Crippen MR) is 61.6 cm³/mol. The third-order valence-corrected chi connectivity index (χ3v) is 2.60. The van der Waals surface area contributed by atoms with Crippen LogP contribution in [0.25, 0.3) is 0 Å². The van der Waals surface area contributed by atoms with Gasteiger partial charge in [-0.3, -0.25) is 9.79 Å². The molecule has 4 nitrogen and oxygen atoms in total. The molecule has 0 radical (unpaired) electrons. The highest BCUT2D eigenvalue weighted by Crippen LogP contribution is 2.10. The number of hydrogen-bond donors (Lipinski definition) is 1. The lowest BCUT2D eigenvalue weighted by molar-refractivity contribution is 0.112. The minimum atomic E-state index is 0.00856. The van der Waals surface area contributed by atoms with E-state index < -0.39 is 0 Å². The number of aldehydes is 1. The van der Waals surface area contributed by atoms with Crippen molar-refractivity contribution in [1.29, 1.82) is 0 Å². The normalized spacial score (nSPS) is 19.1. The van der Waals surface area contributed by atoms with Gasteiger partial charge in [-0.15, -0.1) is 0 Å². The molecule has 1 aromatic carbocycles. The van der Waals surface area contributed by atoms with E-state index in [9.17, 15) is 4.79 Å². The van der Waals surface area contributed by atoms with Gasteiger partial charge in [-0.1, -0.05) is 24.3 Å². The van der Waals surface area contributed by atoms with Gasteiger partial charge in [0.25, 0.3) is 0 Å². The molecule has 0 saturated carbocycles. The topological polar surface area (TPSA) is 52.9 Å². The monoisotopic (exact) mass is 218 g/mol. The molecule has 1 N–H and O–H groups in total. The third kappa shape index (κ3) is 2.46. The molecule has 1 atom stereocenters. The summed E-state index contributed by atoms with van der Waals surface area (Å²) in [7, 11) is 0. The van der Waals surface area contributed by atoms with Crippen molar-refractivity contribution in [2.75, 3.05) is 13.2 Å². The van der Waals surface area contributed by atoms with Gasteiger partial charge in [0.2, 0.25) is 0 Å². The SMILES string of the molecule is O=Cc1ccc(CN2C=NC(CO)C2)cc1. The van der Waals surface area contributed by atoms with Crippen LogP contribution in [0.2, 0.25) is 0 Å². The first kappa shape index (κ1) is 10.8. The third-order valence-electron chi connectivity index (χ3n) is 2.60. The summed E-state index contributed by atoms with van der Waals surface area (Å²) in [6.45, 7) is 1.61. The van der Waals surface area contributed by atoms with Gasteiger partial charge in [0, 0.05) is 18.7 Å². The van der Waals surface area contributed by atoms with Crippen LogP contribution in [0, 0.1) is 0 Å². The second-order valence-electron chi connectivity index (χ2n) is 3.89. The van der Waals surface area contributed by atoms with Gasteiger partial charge in [-0.2, -0.15) is 0 Å². The zero-order valence-corrected chi connectivity index (χ0v) is 8.91. The molecule has 0 saturated heterocycles. The summed E-state index contributed by atoms with van der Waals surface area (Å²) in [5.41, 5.74) is 1.82. The number of aliphatic imine (C=N–C) groups is 1. The van der Waals surface area contributed by atoms with Gasteiger partial charge in [-0.05, 0) is 5.56 Å². The van der Waals surface area contributed by atoms with Crippen molar-refractivity contribution in [3.63, 3.8) is 0 Å². The van der Waals surface area contributed by atoms with Crippen molar-refractivity contribution < 1.29 is 9.90 Å². The molecule has 4 heteroatoms. The second kappa shape index (κ2) is 4.90. The van der Waals surface area contributed by atoms with E-state index in [0.717, 1.165) is 24.9 Å². The summed E-state index contributed by atoms with van der Waals surface area (Å²) >= 11 is 0. The average Bonchev–Trinajstić information content (AvgIpc) is 2.78. The summed E-state index contributed by atoms with van der Waals surface area (Å²) in [4.78, 5) is 16.7. The average molecular weight is 218 g/mol. The van der Waals surface area contributed by atoms with Gasteiger partial charge in [0.05, 0.1) is 19.0 Å². The summed E-state index contributed by atoms with van der Waals surface area (Å²) in [6, 6.07) is 7.49. The molecule has 0 amide bonds. The smallest absolute Gasteiger partial charge is 0.150 e. The molecule has 1 aliphatic heterocycles. The van der Waals surface area contributed by atoms with Crippen LogP contribution in [0.5, 0.6) is 0 Å². The van der Waals surface area contributed by atoms with Crippen molar-refractivity contribution in [3.05, 3.63) is 35.4 Å². The standard InChI is InChI=1S/C12H14N2O2/c15-7-11-3-1-10(2-4-11)5-14-6-12(8-16)13-9-14/h1-4,7,9,12,16H,5-6,8H2. The lowest BCUT2D eigenvalue weighted by atomic mass is 10.1. The van der Waals surface area contributed by atoms with E-state index >= 15 is 0 Å². The second-order valence-corrected chi connectivity index (χ2v) is 3.89. The number of aliphatic hydroxyl groups excluding tert-OH is 1. The Morgan fingerprint density at radius 2 is 2.19 bits per heavy atom. The first-order chi connectivity index (χ1) is 7.81. The highest BCUT2D eigenvalue weighted by Gasteiger charge is 2.15. The summed E-state index contributed by atoms with van der Waals surface area (Å²) in [5.74, 6) is 0. The maximum absolute atomic E-state index is 10.5. The van der Waals surface area contributed by atoms with Crippen molar-refractivity contribution in [2.45, 2.75) is 12.6 Å². The Labute approximate surface area is 94.2 Å². The van der Waals surface area contributed by atoms with Crippen LogP contribution in [-0.4, -0.2) is 41.8 Å². The lowest BCUT2D eigenvalue weighted by Gasteiger charge is -2.15. The molecule has 84 valence electrons. The number of carbonyl (C=O) groups excluding carboxylic acids is 1. The van der Waals surface area contributed by atoms with E-state index in [1.165, 1.54) is 0 Å². The van der Waals surface area contributed by atoms with Crippen LogP contribution in [0.4, 0.5) is 0 Å². The van der Waals surface area contributed by atoms with Crippen LogP contribution in [-0.2, 0) is 6.54 Å². The minimum Gasteiger partial charge on any atom is -0.394 e. The molecule has 0 bridgehead atoms. The summed E-state index contributed by atoms with van der Waals surface area (Å²) in [6.07, 6.45) is 2.61. The van der Waals surface area contributed by atoms with Crippen molar-refractivity contribution in [2.24, 2.45) is 4.99 Å². The van der Waals surface area contributed by atoms with E-state index in [2.05, 4.69) is 9.89 Å². The number of nitrogens with zero attached hydrogens (tertiary/aromatic N) is 2. The summed E-state index contributed by atoms with van der Waals surface area (Å²) < 4.78 is 0. The molecule has 0 aliphatic carbocycles. The van der Waals surface area contributed by atoms with Crippen LogP contribution in [0.15, 0.2) is 29.3 Å². The number of carbonyl (C=O) groups is 1. The number of hydrogen-bond acceptors (Lipinski definition) is 4. The lowest BCUT2D eigenvalue weighted by Crippen LogP contribution is -2.24. The van der Waals surface area contributed by atoms with Crippen LogP contribution in [0.3, 0.4) is 0 Å².